The topological polar surface area (TPSA) is 99.7 Å². The van der Waals surface area contributed by atoms with Crippen LogP contribution in [0.3, 0.4) is 0 Å². The van der Waals surface area contributed by atoms with E-state index in [4.69, 9.17) is 10.9 Å². The van der Waals surface area contributed by atoms with E-state index in [9.17, 15) is 4.79 Å². The Hall–Kier alpha value is -2.24. The number of hydrogen-bond donors (Lipinski definition) is 4. The predicted octanol–water partition coefficient (Wildman–Crippen LogP) is 2.24. The van der Waals surface area contributed by atoms with Gasteiger partial charge in [-0.2, -0.15) is 0 Å². The molecule has 0 heterocycles. The van der Waals surface area contributed by atoms with E-state index < -0.39 is 0 Å². The van der Waals surface area contributed by atoms with Gasteiger partial charge < -0.3 is 21.6 Å². The molecule has 1 fully saturated rings. The van der Waals surface area contributed by atoms with Crippen LogP contribution >= 0.6 is 0 Å². The number of amidine groups is 1. The van der Waals surface area contributed by atoms with Crippen LogP contribution in [0, 0.1) is 0 Å². The fourth-order valence-electron chi connectivity index (χ4n) is 2.38. The molecular formula is C14H20N4O2. The van der Waals surface area contributed by atoms with Gasteiger partial charge in [0.25, 0.3) is 0 Å². The maximum atomic E-state index is 11.8. The van der Waals surface area contributed by atoms with Gasteiger partial charge in [0.15, 0.2) is 5.84 Å². The number of nitrogens with zero attached hydrogens (tertiary/aromatic N) is 1. The molecule has 1 saturated carbocycles. The van der Waals surface area contributed by atoms with Crippen LogP contribution in [0.5, 0.6) is 0 Å². The highest BCUT2D eigenvalue weighted by Gasteiger charge is 2.15. The lowest BCUT2D eigenvalue weighted by atomic mass is 9.96. The van der Waals surface area contributed by atoms with Gasteiger partial charge in [-0.15, -0.1) is 0 Å². The summed E-state index contributed by atoms with van der Waals surface area (Å²) in [7, 11) is 0. The number of nitrogens with one attached hydrogen (secondary N) is 2. The van der Waals surface area contributed by atoms with Crippen LogP contribution in [0.15, 0.2) is 29.4 Å². The third-order valence-corrected chi connectivity index (χ3v) is 3.49. The molecule has 5 N–H and O–H groups in total. The summed E-state index contributed by atoms with van der Waals surface area (Å²) in [5.41, 5.74) is 6.75. The summed E-state index contributed by atoms with van der Waals surface area (Å²) < 4.78 is 0. The van der Waals surface area contributed by atoms with Crippen molar-refractivity contribution in [2.24, 2.45) is 10.9 Å². The van der Waals surface area contributed by atoms with E-state index >= 15 is 0 Å². The molecule has 2 amide bonds. The van der Waals surface area contributed by atoms with Crippen LogP contribution in [0.25, 0.3) is 0 Å². The highest BCUT2D eigenvalue weighted by molar-refractivity contribution is 5.97. The number of rotatable bonds is 3. The van der Waals surface area contributed by atoms with Crippen molar-refractivity contribution in [2.75, 3.05) is 5.32 Å². The predicted molar refractivity (Wildman–Crippen MR) is 78.0 cm³/mol. The van der Waals surface area contributed by atoms with Gasteiger partial charge in [0.1, 0.15) is 0 Å². The van der Waals surface area contributed by atoms with Gasteiger partial charge in [-0.1, -0.05) is 24.4 Å². The minimum atomic E-state index is -0.187. The van der Waals surface area contributed by atoms with Gasteiger partial charge in [-0.05, 0) is 37.1 Å². The van der Waals surface area contributed by atoms with Crippen molar-refractivity contribution in [3.05, 3.63) is 29.8 Å². The molecule has 0 radical (unpaired) electrons. The number of nitrogens with two attached hydrogens (primary N) is 1. The van der Waals surface area contributed by atoms with Crippen molar-refractivity contribution in [3.8, 4) is 0 Å². The molecule has 0 saturated heterocycles. The summed E-state index contributed by atoms with van der Waals surface area (Å²) in [6.07, 6.45) is 5.72. The van der Waals surface area contributed by atoms with Gasteiger partial charge in [-0.25, -0.2) is 4.79 Å². The smallest absolute Gasteiger partial charge is 0.319 e. The number of anilines is 1. The molecule has 0 spiro atoms. The number of carbonyl (C=O) groups excluding carboxylic acids is 1. The molecule has 6 heteroatoms. The molecule has 0 atom stereocenters. The molecule has 2 rings (SSSR count). The summed E-state index contributed by atoms with van der Waals surface area (Å²) in [5, 5.41) is 17.2. The third-order valence-electron chi connectivity index (χ3n) is 3.49. The maximum Gasteiger partial charge on any atom is 0.319 e. The molecule has 1 aromatic carbocycles. The van der Waals surface area contributed by atoms with Crippen LogP contribution in [-0.2, 0) is 0 Å². The molecule has 0 bridgehead atoms. The second-order valence-corrected chi connectivity index (χ2v) is 5.00. The molecule has 0 aliphatic heterocycles. The molecule has 1 aliphatic carbocycles. The van der Waals surface area contributed by atoms with Crippen molar-refractivity contribution >= 4 is 17.6 Å². The summed E-state index contributed by atoms with van der Waals surface area (Å²) >= 11 is 0. The largest absolute Gasteiger partial charge is 0.409 e. The first-order valence-electron chi connectivity index (χ1n) is 6.84. The van der Waals surface area contributed by atoms with Crippen molar-refractivity contribution < 1.29 is 10.0 Å². The zero-order chi connectivity index (χ0) is 14.4. The lowest BCUT2D eigenvalue weighted by molar-refractivity contribution is 0.244. The molecular weight excluding hydrogens is 256 g/mol. The van der Waals surface area contributed by atoms with E-state index in [1.54, 1.807) is 24.3 Å². The second-order valence-electron chi connectivity index (χ2n) is 5.00. The van der Waals surface area contributed by atoms with Crippen LogP contribution < -0.4 is 16.4 Å². The van der Waals surface area contributed by atoms with E-state index in [0.29, 0.717) is 11.3 Å². The van der Waals surface area contributed by atoms with Gasteiger partial charge in [0.2, 0.25) is 0 Å². The number of urea groups is 1. The number of hydrogen-bond acceptors (Lipinski definition) is 3. The quantitative estimate of drug-likeness (QED) is 0.295. The van der Waals surface area contributed by atoms with Crippen LogP contribution in [0.2, 0.25) is 0 Å². The molecule has 1 aromatic rings. The van der Waals surface area contributed by atoms with E-state index in [1.165, 1.54) is 19.3 Å². The van der Waals surface area contributed by atoms with Crippen molar-refractivity contribution in [3.63, 3.8) is 0 Å². The van der Waals surface area contributed by atoms with Crippen LogP contribution in [0.1, 0.15) is 37.7 Å². The Morgan fingerprint density at radius 3 is 2.45 bits per heavy atom. The summed E-state index contributed by atoms with van der Waals surface area (Å²) in [6, 6.07) is 6.90. The number of amides is 2. The zero-order valence-electron chi connectivity index (χ0n) is 11.3. The standard InChI is InChI=1S/C14H20N4O2/c15-13(18-20)10-6-8-12(9-7-10)17-14(19)16-11-4-2-1-3-5-11/h6-9,11,20H,1-5H2,(H2,15,18)(H2,16,17,19). The minimum Gasteiger partial charge on any atom is -0.409 e. The number of oxime groups is 1. The summed E-state index contributed by atoms with van der Waals surface area (Å²) in [6.45, 7) is 0. The lowest BCUT2D eigenvalue weighted by Gasteiger charge is -2.22. The highest BCUT2D eigenvalue weighted by Crippen LogP contribution is 2.17. The SMILES string of the molecule is N/C(=N/O)c1ccc(NC(=O)NC2CCCCC2)cc1. The Balaban J connectivity index is 1.87. The minimum absolute atomic E-state index is 0.0446. The Labute approximate surface area is 118 Å². The van der Waals surface area contributed by atoms with E-state index in [0.717, 1.165) is 12.8 Å². The maximum absolute atomic E-state index is 11.8. The first-order valence-corrected chi connectivity index (χ1v) is 6.84. The highest BCUT2D eigenvalue weighted by atomic mass is 16.4. The summed E-state index contributed by atoms with van der Waals surface area (Å²) in [4.78, 5) is 11.8. The monoisotopic (exact) mass is 276 g/mol. The molecule has 1 aliphatic rings. The fraction of sp³-hybridized carbons (Fsp3) is 0.429. The zero-order valence-corrected chi connectivity index (χ0v) is 11.3. The molecule has 20 heavy (non-hydrogen) atoms. The fourth-order valence-corrected chi connectivity index (χ4v) is 2.38. The molecule has 6 nitrogen and oxygen atoms in total. The van der Waals surface area contributed by atoms with E-state index in [2.05, 4.69) is 15.8 Å². The van der Waals surface area contributed by atoms with E-state index in [-0.39, 0.29) is 17.9 Å². The molecule has 0 unspecified atom stereocenters. The molecule has 0 aromatic heterocycles. The Morgan fingerprint density at radius 1 is 1.20 bits per heavy atom. The average Bonchev–Trinajstić information content (AvgIpc) is 2.48. The van der Waals surface area contributed by atoms with Crippen molar-refractivity contribution in [1.82, 2.24) is 5.32 Å². The van der Waals surface area contributed by atoms with Gasteiger partial charge in [-0.3, -0.25) is 0 Å². The van der Waals surface area contributed by atoms with Crippen LogP contribution in [0.4, 0.5) is 10.5 Å². The normalized spacial score (nSPS) is 16.7. The third kappa shape index (κ3) is 3.88. The molecule has 108 valence electrons. The Kier molecular flexibility index (Phi) is 4.81. The first kappa shape index (κ1) is 14.2. The van der Waals surface area contributed by atoms with Crippen molar-refractivity contribution in [1.29, 1.82) is 0 Å². The van der Waals surface area contributed by atoms with Gasteiger partial charge >= 0.3 is 6.03 Å². The number of carbonyl (C=O) groups is 1. The van der Waals surface area contributed by atoms with Gasteiger partial charge in [0.05, 0.1) is 0 Å². The Bertz CT molecular complexity index is 478. The lowest BCUT2D eigenvalue weighted by Crippen LogP contribution is -2.39. The second kappa shape index (κ2) is 6.79. The van der Waals surface area contributed by atoms with Crippen LogP contribution in [-0.4, -0.2) is 23.1 Å². The van der Waals surface area contributed by atoms with Crippen molar-refractivity contribution in [2.45, 2.75) is 38.1 Å². The first-order chi connectivity index (χ1) is 9.69. The Morgan fingerprint density at radius 2 is 1.85 bits per heavy atom. The van der Waals surface area contributed by atoms with E-state index in [1.807, 2.05) is 0 Å². The average molecular weight is 276 g/mol. The number of benzene rings is 1. The summed E-state index contributed by atoms with van der Waals surface area (Å²) in [5.74, 6) is 0.0446. The van der Waals surface area contributed by atoms with Gasteiger partial charge in [0, 0.05) is 17.3 Å².